The van der Waals surface area contributed by atoms with Gasteiger partial charge < -0.3 is 10.1 Å². The lowest BCUT2D eigenvalue weighted by Crippen LogP contribution is -2.35. The Morgan fingerprint density at radius 2 is 2.24 bits per heavy atom. The van der Waals surface area contributed by atoms with Crippen molar-refractivity contribution in [3.63, 3.8) is 0 Å². The van der Waals surface area contributed by atoms with E-state index in [1.54, 1.807) is 6.92 Å². The summed E-state index contributed by atoms with van der Waals surface area (Å²) in [6.07, 6.45) is 0.555. The van der Waals surface area contributed by atoms with E-state index in [4.69, 9.17) is 4.74 Å². The number of nitrogens with one attached hydrogen (secondary N) is 2. The van der Waals surface area contributed by atoms with Gasteiger partial charge in [0.2, 0.25) is 10.0 Å². The zero-order valence-electron chi connectivity index (χ0n) is 11.5. The fraction of sp³-hybridized carbons (Fsp3) is 0.500. The number of ether oxygens (including phenoxy) is 1. The minimum absolute atomic E-state index is 0.188. The highest BCUT2D eigenvalue weighted by atomic mass is 32.2. The summed E-state index contributed by atoms with van der Waals surface area (Å²) in [4.78, 5) is 10.2. The van der Waals surface area contributed by atoms with Crippen LogP contribution in [0.3, 0.4) is 0 Å². The van der Waals surface area contributed by atoms with Crippen molar-refractivity contribution in [2.75, 3.05) is 25.1 Å². The number of rotatable bonds is 6. The van der Waals surface area contributed by atoms with Crippen LogP contribution >= 0.6 is 0 Å². The molecule has 2 N–H and O–H groups in total. The van der Waals surface area contributed by atoms with E-state index in [9.17, 15) is 18.5 Å². The summed E-state index contributed by atoms with van der Waals surface area (Å²) < 4.78 is 32.3. The van der Waals surface area contributed by atoms with Crippen LogP contribution in [0, 0.1) is 10.1 Å². The van der Waals surface area contributed by atoms with Crippen molar-refractivity contribution in [3.8, 4) is 0 Å². The molecule has 1 atom stereocenters. The van der Waals surface area contributed by atoms with Gasteiger partial charge in [0.15, 0.2) is 4.90 Å². The maximum atomic E-state index is 12.4. The highest BCUT2D eigenvalue weighted by Gasteiger charge is 2.31. The molecule has 1 heterocycles. The summed E-state index contributed by atoms with van der Waals surface area (Å²) in [7, 11) is -3.97. The number of para-hydroxylation sites is 1. The third-order valence-corrected chi connectivity index (χ3v) is 4.64. The van der Waals surface area contributed by atoms with Crippen molar-refractivity contribution < 1.29 is 18.1 Å². The second-order valence-corrected chi connectivity index (χ2v) is 6.30. The third kappa shape index (κ3) is 3.49. The fourth-order valence-electron chi connectivity index (χ4n) is 2.17. The van der Waals surface area contributed by atoms with Crippen molar-refractivity contribution in [2.45, 2.75) is 24.3 Å². The normalized spacial score (nSPS) is 18.6. The van der Waals surface area contributed by atoms with Gasteiger partial charge in [0.25, 0.3) is 0 Å². The maximum Gasteiger partial charge on any atom is 0.312 e. The SMILES string of the molecule is CCNc1cccc(S(=O)(=O)NC2CCOC2)c1[N+](=O)[O-]. The van der Waals surface area contributed by atoms with Crippen LogP contribution in [0.4, 0.5) is 11.4 Å². The Kier molecular flexibility index (Phi) is 4.76. The third-order valence-electron chi connectivity index (χ3n) is 3.09. The van der Waals surface area contributed by atoms with Crippen LogP contribution in [0.1, 0.15) is 13.3 Å². The molecular formula is C12H17N3O5S. The molecule has 9 heteroatoms. The molecule has 0 amide bonds. The van der Waals surface area contributed by atoms with Gasteiger partial charge in [-0.1, -0.05) is 6.07 Å². The summed E-state index contributed by atoms with van der Waals surface area (Å²) in [5, 5.41) is 14.1. The molecule has 8 nitrogen and oxygen atoms in total. The fourth-order valence-corrected chi connectivity index (χ4v) is 3.62. The van der Waals surface area contributed by atoms with Gasteiger partial charge in [-0.05, 0) is 25.5 Å². The first-order valence-electron chi connectivity index (χ1n) is 6.57. The van der Waals surface area contributed by atoms with Gasteiger partial charge in [-0.2, -0.15) is 0 Å². The molecular weight excluding hydrogens is 298 g/mol. The molecule has 2 rings (SSSR count). The average molecular weight is 315 g/mol. The summed E-state index contributed by atoms with van der Waals surface area (Å²) >= 11 is 0. The van der Waals surface area contributed by atoms with Crippen LogP contribution < -0.4 is 10.0 Å². The van der Waals surface area contributed by atoms with Crippen LogP contribution in [-0.2, 0) is 14.8 Å². The number of nitro benzene ring substituents is 1. The van der Waals surface area contributed by atoms with E-state index in [0.29, 0.717) is 19.6 Å². The van der Waals surface area contributed by atoms with Crippen molar-refractivity contribution in [1.82, 2.24) is 4.72 Å². The van der Waals surface area contributed by atoms with Crippen LogP contribution in [0.2, 0.25) is 0 Å². The molecule has 0 aliphatic carbocycles. The quantitative estimate of drug-likeness (QED) is 0.600. The van der Waals surface area contributed by atoms with E-state index in [1.807, 2.05) is 0 Å². The predicted octanol–water partition coefficient (Wildman–Crippen LogP) is 1.09. The molecule has 1 aliphatic rings. The monoisotopic (exact) mass is 315 g/mol. The standard InChI is InChI=1S/C12H17N3O5S/c1-2-13-10-4-3-5-11(12(10)15(16)17)21(18,19)14-9-6-7-20-8-9/h3-5,9,13-14H,2,6-8H2,1H3. The van der Waals surface area contributed by atoms with Crippen molar-refractivity contribution >= 4 is 21.4 Å². The van der Waals surface area contributed by atoms with Crippen molar-refractivity contribution in [1.29, 1.82) is 0 Å². The van der Waals surface area contributed by atoms with Gasteiger partial charge in [0.1, 0.15) is 5.69 Å². The van der Waals surface area contributed by atoms with Crippen LogP contribution in [0.5, 0.6) is 0 Å². The van der Waals surface area contributed by atoms with Gasteiger partial charge in [0, 0.05) is 19.2 Å². The maximum absolute atomic E-state index is 12.4. The number of hydrogen-bond donors (Lipinski definition) is 2. The number of hydrogen-bond acceptors (Lipinski definition) is 6. The Bertz CT molecular complexity index is 626. The summed E-state index contributed by atoms with van der Waals surface area (Å²) in [5.41, 5.74) is -0.251. The van der Waals surface area contributed by atoms with E-state index >= 15 is 0 Å². The molecule has 1 aromatic carbocycles. The number of benzene rings is 1. The summed E-state index contributed by atoms with van der Waals surface area (Å²) in [6, 6.07) is 3.85. The number of nitrogens with zero attached hydrogens (tertiary/aromatic N) is 1. The van der Waals surface area contributed by atoms with E-state index in [-0.39, 0.29) is 23.2 Å². The van der Waals surface area contributed by atoms with Crippen LogP contribution in [-0.4, -0.2) is 39.1 Å². The van der Waals surface area contributed by atoms with Crippen LogP contribution in [0.15, 0.2) is 23.1 Å². The Morgan fingerprint density at radius 1 is 1.48 bits per heavy atom. The van der Waals surface area contributed by atoms with E-state index < -0.39 is 20.6 Å². The molecule has 0 aromatic heterocycles. The second-order valence-electron chi connectivity index (χ2n) is 4.62. The van der Waals surface area contributed by atoms with Gasteiger partial charge >= 0.3 is 5.69 Å². The highest BCUT2D eigenvalue weighted by molar-refractivity contribution is 7.89. The molecule has 21 heavy (non-hydrogen) atoms. The van der Waals surface area contributed by atoms with E-state index in [0.717, 1.165) is 0 Å². The first-order valence-corrected chi connectivity index (χ1v) is 8.05. The molecule has 1 unspecified atom stereocenters. The first-order chi connectivity index (χ1) is 9.95. The Hall–Kier alpha value is -1.71. The Labute approximate surface area is 122 Å². The number of sulfonamides is 1. The van der Waals surface area contributed by atoms with Gasteiger partial charge in [-0.15, -0.1) is 0 Å². The van der Waals surface area contributed by atoms with Gasteiger partial charge in [-0.3, -0.25) is 10.1 Å². The molecule has 1 aliphatic heterocycles. The number of anilines is 1. The first kappa shape index (κ1) is 15.7. The Morgan fingerprint density at radius 3 is 2.81 bits per heavy atom. The minimum atomic E-state index is -3.97. The van der Waals surface area contributed by atoms with Gasteiger partial charge in [-0.25, -0.2) is 13.1 Å². The van der Waals surface area contributed by atoms with Gasteiger partial charge in [0.05, 0.1) is 11.5 Å². The molecule has 0 spiro atoms. The Balaban J connectivity index is 2.41. The molecule has 0 radical (unpaired) electrons. The minimum Gasteiger partial charge on any atom is -0.380 e. The zero-order chi connectivity index (χ0) is 15.5. The van der Waals surface area contributed by atoms with Crippen molar-refractivity contribution in [3.05, 3.63) is 28.3 Å². The summed E-state index contributed by atoms with van der Waals surface area (Å²) in [5.74, 6) is 0. The molecule has 0 bridgehead atoms. The summed E-state index contributed by atoms with van der Waals surface area (Å²) in [6.45, 7) is 2.99. The molecule has 1 saturated heterocycles. The molecule has 0 saturated carbocycles. The van der Waals surface area contributed by atoms with Crippen LogP contribution in [0.25, 0.3) is 0 Å². The number of nitro groups is 1. The lowest BCUT2D eigenvalue weighted by atomic mass is 10.2. The van der Waals surface area contributed by atoms with E-state index in [2.05, 4.69) is 10.0 Å². The molecule has 1 fully saturated rings. The van der Waals surface area contributed by atoms with E-state index in [1.165, 1.54) is 18.2 Å². The lowest BCUT2D eigenvalue weighted by Gasteiger charge is -2.13. The van der Waals surface area contributed by atoms with Crippen molar-refractivity contribution in [2.24, 2.45) is 0 Å². The highest BCUT2D eigenvalue weighted by Crippen LogP contribution is 2.32. The lowest BCUT2D eigenvalue weighted by molar-refractivity contribution is -0.386. The second kappa shape index (κ2) is 6.37. The zero-order valence-corrected chi connectivity index (χ0v) is 12.4. The molecule has 116 valence electrons. The largest absolute Gasteiger partial charge is 0.380 e. The smallest absolute Gasteiger partial charge is 0.312 e. The topological polar surface area (TPSA) is 111 Å². The predicted molar refractivity (Wildman–Crippen MR) is 76.8 cm³/mol. The average Bonchev–Trinajstić information content (AvgIpc) is 2.90. The molecule has 1 aromatic rings.